The van der Waals surface area contributed by atoms with E-state index in [2.05, 4.69) is 22.0 Å². The van der Waals surface area contributed by atoms with Gasteiger partial charge in [0.15, 0.2) is 0 Å². The van der Waals surface area contributed by atoms with Gasteiger partial charge in [-0.15, -0.1) is 0 Å². The van der Waals surface area contributed by atoms with E-state index >= 15 is 0 Å². The summed E-state index contributed by atoms with van der Waals surface area (Å²) >= 11 is 0. The third-order valence-electron chi connectivity index (χ3n) is 6.53. The van der Waals surface area contributed by atoms with E-state index in [0.717, 1.165) is 50.2 Å². The molecule has 0 radical (unpaired) electrons. The highest BCUT2D eigenvalue weighted by atomic mass is 19.1. The zero-order valence-corrected chi connectivity index (χ0v) is 19.0. The molecule has 1 atom stereocenters. The van der Waals surface area contributed by atoms with Gasteiger partial charge in [-0.3, -0.25) is 14.8 Å². The molecule has 6 nitrogen and oxygen atoms in total. The van der Waals surface area contributed by atoms with Crippen LogP contribution in [0.4, 0.5) is 14.9 Å². The van der Waals surface area contributed by atoms with Gasteiger partial charge in [-0.25, -0.2) is 9.18 Å². The van der Waals surface area contributed by atoms with E-state index in [0.29, 0.717) is 18.8 Å². The predicted molar refractivity (Wildman–Crippen MR) is 127 cm³/mol. The van der Waals surface area contributed by atoms with E-state index in [1.165, 1.54) is 17.7 Å². The second kappa shape index (κ2) is 9.81. The van der Waals surface area contributed by atoms with Gasteiger partial charge in [0, 0.05) is 43.2 Å². The number of carbonyl (C=O) groups excluding carboxylic acids is 1. The molecular weight excluding hydrogens is 433 g/mol. The molecule has 1 spiro atoms. The second-order valence-corrected chi connectivity index (χ2v) is 9.04. The Hall–Kier alpha value is -3.45. The Kier molecular flexibility index (Phi) is 6.45. The second-order valence-electron chi connectivity index (χ2n) is 9.04. The van der Waals surface area contributed by atoms with Gasteiger partial charge in [-0.1, -0.05) is 18.2 Å². The van der Waals surface area contributed by atoms with Crippen LogP contribution in [0.15, 0.2) is 73.1 Å². The minimum atomic E-state index is -0.491. The minimum absolute atomic E-state index is 0.317. The first kappa shape index (κ1) is 22.3. The van der Waals surface area contributed by atoms with Crippen molar-refractivity contribution in [2.24, 2.45) is 0 Å². The summed E-state index contributed by atoms with van der Waals surface area (Å²) in [5.74, 6) is 0.523. The van der Waals surface area contributed by atoms with Gasteiger partial charge in [-0.05, 0) is 67.4 Å². The SMILES string of the molecule is O=C1OC2(CCCN(Cc3cccc(OCc4cccnc4)c3)CC2)CN1c1ccc(F)cc1. The van der Waals surface area contributed by atoms with Crippen molar-refractivity contribution in [1.29, 1.82) is 0 Å². The van der Waals surface area contributed by atoms with Gasteiger partial charge >= 0.3 is 6.09 Å². The molecule has 0 saturated carbocycles. The molecule has 1 aromatic heterocycles. The number of rotatable bonds is 6. The number of hydrogen-bond acceptors (Lipinski definition) is 5. The molecule has 0 bridgehead atoms. The maximum absolute atomic E-state index is 13.3. The quantitative estimate of drug-likeness (QED) is 0.506. The van der Waals surface area contributed by atoms with E-state index in [9.17, 15) is 9.18 Å². The number of anilines is 1. The van der Waals surface area contributed by atoms with Crippen LogP contribution in [-0.2, 0) is 17.9 Å². The van der Waals surface area contributed by atoms with Crippen LogP contribution < -0.4 is 9.64 Å². The van der Waals surface area contributed by atoms with Crippen LogP contribution in [-0.4, -0.2) is 41.2 Å². The van der Waals surface area contributed by atoms with Crippen molar-refractivity contribution in [2.75, 3.05) is 24.5 Å². The number of ether oxygens (including phenoxy) is 2. The first-order valence-electron chi connectivity index (χ1n) is 11.7. The van der Waals surface area contributed by atoms with Crippen molar-refractivity contribution in [3.05, 3.63) is 90.0 Å². The molecule has 2 fully saturated rings. The van der Waals surface area contributed by atoms with E-state index in [1.807, 2.05) is 30.5 Å². The highest BCUT2D eigenvalue weighted by molar-refractivity contribution is 5.90. The summed E-state index contributed by atoms with van der Waals surface area (Å²) in [6.45, 7) is 3.58. The first-order valence-corrected chi connectivity index (χ1v) is 11.7. The van der Waals surface area contributed by atoms with E-state index in [-0.39, 0.29) is 11.9 Å². The highest BCUT2D eigenvalue weighted by Gasteiger charge is 2.46. The summed E-state index contributed by atoms with van der Waals surface area (Å²) < 4.78 is 25.1. The van der Waals surface area contributed by atoms with Gasteiger partial charge in [0.1, 0.15) is 23.8 Å². The molecule has 3 aromatic rings. The summed E-state index contributed by atoms with van der Waals surface area (Å²) in [5.41, 5.74) is 2.41. The number of carbonyl (C=O) groups is 1. The molecule has 2 saturated heterocycles. The lowest BCUT2D eigenvalue weighted by atomic mass is 9.95. The Bertz CT molecular complexity index is 1130. The zero-order chi connectivity index (χ0) is 23.4. The number of hydrogen-bond donors (Lipinski definition) is 0. The van der Waals surface area contributed by atoms with Crippen molar-refractivity contribution in [1.82, 2.24) is 9.88 Å². The Labute approximate surface area is 198 Å². The lowest BCUT2D eigenvalue weighted by Gasteiger charge is -2.25. The van der Waals surface area contributed by atoms with Gasteiger partial charge in [0.25, 0.3) is 0 Å². The number of halogens is 1. The largest absolute Gasteiger partial charge is 0.489 e. The third kappa shape index (κ3) is 5.20. The number of amides is 1. The standard InChI is InChI=1S/C27H28FN3O3/c28-23-7-9-24(10-8-23)31-20-27(34-26(31)32)11-3-14-30(15-12-27)18-21-4-1-6-25(16-21)33-19-22-5-2-13-29-17-22/h1-2,4-10,13,16-17H,3,11-12,14-15,18-20H2. The lowest BCUT2D eigenvalue weighted by molar-refractivity contribution is 0.0443. The molecular formula is C27H28FN3O3. The Morgan fingerprint density at radius 3 is 2.71 bits per heavy atom. The number of aromatic nitrogens is 1. The molecule has 5 rings (SSSR count). The van der Waals surface area contributed by atoms with Crippen molar-refractivity contribution in [3.8, 4) is 5.75 Å². The van der Waals surface area contributed by atoms with Crippen LogP contribution in [0.2, 0.25) is 0 Å². The molecule has 1 amide bonds. The van der Waals surface area contributed by atoms with E-state index in [1.54, 1.807) is 23.2 Å². The fraction of sp³-hybridized carbons (Fsp3) is 0.333. The molecule has 0 aliphatic carbocycles. The molecule has 176 valence electrons. The average molecular weight is 462 g/mol. The van der Waals surface area contributed by atoms with Gasteiger partial charge in [0.05, 0.1) is 6.54 Å². The predicted octanol–water partition coefficient (Wildman–Crippen LogP) is 5.18. The Balaban J connectivity index is 1.18. The van der Waals surface area contributed by atoms with E-state index in [4.69, 9.17) is 9.47 Å². The summed E-state index contributed by atoms with van der Waals surface area (Å²) in [4.78, 5) is 20.8. The fourth-order valence-electron chi connectivity index (χ4n) is 4.73. The monoisotopic (exact) mass is 461 g/mol. The number of likely N-dealkylation sites (tertiary alicyclic amines) is 1. The summed E-state index contributed by atoms with van der Waals surface area (Å²) in [6, 6.07) is 18.1. The molecule has 2 aliphatic heterocycles. The summed E-state index contributed by atoms with van der Waals surface area (Å²) in [5, 5.41) is 0. The first-order chi connectivity index (χ1) is 16.6. The molecule has 7 heteroatoms. The Morgan fingerprint density at radius 1 is 1.03 bits per heavy atom. The van der Waals surface area contributed by atoms with Crippen LogP contribution in [0.1, 0.15) is 30.4 Å². The molecule has 2 aromatic carbocycles. The van der Waals surface area contributed by atoms with Crippen LogP contribution in [0, 0.1) is 5.82 Å². The minimum Gasteiger partial charge on any atom is -0.489 e. The zero-order valence-electron chi connectivity index (χ0n) is 19.0. The third-order valence-corrected chi connectivity index (χ3v) is 6.53. The number of benzene rings is 2. The molecule has 0 N–H and O–H groups in total. The molecule has 1 unspecified atom stereocenters. The summed E-state index contributed by atoms with van der Waals surface area (Å²) in [6.07, 6.45) is 5.75. The maximum Gasteiger partial charge on any atom is 0.415 e. The van der Waals surface area contributed by atoms with Crippen molar-refractivity contribution in [3.63, 3.8) is 0 Å². The molecule has 3 heterocycles. The van der Waals surface area contributed by atoms with Gasteiger partial charge < -0.3 is 9.47 Å². The Morgan fingerprint density at radius 2 is 1.88 bits per heavy atom. The number of nitrogens with zero attached hydrogens (tertiary/aromatic N) is 3. The highest BCUT2D eigenvalue weighted by Crippen LogP contribution is 2.36. The lowest BCUT2D eigenvalue weighted by Crippen LogP contribution is -2.36. The molecule has 2 aliphatic rings. The maximum atomic E-state index is 13.3. The van der Waals surface area contributed by atoms with E-state index < -0.39 is 5.60 Å². The number of pyridine rings is 1. The fourth-order valence-corrected chi connectivity index (χ4v) is 4.73. The van der Waals surface area contributed by atoms with Crippen LogP contribution in [0.3, 0.4) is 0 Å². The normalized spacial score (nSPS) is 20.9. The van der Waals surface area contributed by atoms with Gasteiger partial charge in [0.2, 0.25) is 0 Å². The van der Waals surface area contributed by atoms with Crippen LogP contribution >= 0.6 is 0 Å². The van der Waals surface area contributed by atoms with Crippen LogP contribution in [0.25, 0.3) is 0 Å². The summed E-state index contributed by atoms with van der Waals surface area (Å²) in [7, 11) is 0. The van der Waals surface area contributed by atoms with Crippen LogP contribution in [0.5, 0.6) is 5.75 Å². The van der Waals surface area contributed by atoms with Crippen molar-refractivity contribution < 1.29 is 18.7 Å². The topological polar surface area (TPSA) is 54.9 Å². The molecule has 34 heavy (non-hydrogen) atoms. The van der Waals surface area contributed by atoms with Gasteiger partial charge in [-0.2, -0.15) is 0 Å². The van der Waals surface area contributed by atoms with Crippen molar-refractivity contribution in [2.45, 2.75) is 38.0 Å². The smallest absolute Gasteiger partial charge is 0.415 e. The van der Waals surface area contributed by atoms with Crippen molar-refractivity contribution >= 4 is 11.8 Å². The average Bonchev–Trinajstić information content (AvgIpc) is 3.06.